The van der Waals surface area contributed by atoms with Crippen molar-refractivity contribution in [3.8, 4) is 28.8 Å². The Labute approximate surface area is 179 Å². The number of aryl methyl sites for hydroxylation is 3. The summed E-state index contributed by atoms with van der Waals surface area (Å²) in [4.78, 5) is 16.9. The minimum Gasteiger partial charge on any atom is -0.473 e. The van der Waals surface area contributed by atoms with Crippen molar-refractivity contribution < 1.29 is 4.74 Å². The highest BCUT2D eigenvalue weighted by Crippen LogP contribution is 2.26. The standard InChI is InChI=1S/C23H20N6O2/c1-15-5-4-6-21(29-23(30)28(3)26-27-29)20(15)14-31-22-12-11-19(16(2)25-22)18-9-7-17(13-24)8-10-18/h4-12H,14H2,1-3H3. The van der Waals surface area contributed by atoms with Crippen molar-refractivity contribution in [1.82, 2.24) is 24.8 Å². The summed E-state index contributed by atoms with van der Waals surface area (Å²) in [6.07, 6.45) is 0. The largest absolute Gasteiger partial charge is 0.473 e. The van der Waals surface area contributed by atoms with Crippen LogP contribution in [0.3, 0.4) is 0 Å². The van der Waals surface area contributed by atoms with Crippen LogP contribution in [-0.2, 0) is 13.7 Å². The van der Waals surface area contributed by atoms with Crippen LogP contribution in [0.1, 0.15) is 22.4 Å². The normalized spacial score (nSPS) is 10.6. The Morgan fingerprint density at radius 1 is 1.03 bits per heavy atom. The quantitative estimate of drug-likeness (QED) is 0.499. The third kappa shape index (κ3) is 3.94. The summed E-state index contributed by atoms with van der Waals surface area (Å²) < 4.78 is 8.41. The van der Waals surface area contributed by atoms with Gasteiger partial charge in [0.25, 0.3) is 0 Å². The molecule has 4 aromatic rings. The average Bonchev–Trinajstić information content (AvgIpc) is 3.11. The topological polar surface area (TPSA) is 98.6 Å². The molecule has 0 bridgehead atoms. The van der Waals surface area contributed by atoms with E-state index < -0.39 is 0 Å². The highest BCUT2D eigenvalue weighted by atomic mass is 16.5. The molecule has 2 aromatic carbocycles. The third-order valence-corrected chi connectivity index (χ3v) is 5.08. The maximum absolute atomic E-state index is 12.3. The zero-order chi connectivity index (χ0) is 22.0. The van der Waals surface area contributed by atoms with E-state index in [1.165, 1.54) is 9.36 Å². The average molecular weight is 412 g/mol. The van der Waals surface area contributed by atoms with Gasteiger partial charge in [-0.15, -0.1) is 0 Å². The van der Waals surface area contributed by atoms with E-state index >= 15 is 0 Å². The number of pyridine rings is 1. The van der Waals surface area contributed by atoms with E-state index in [0.29, 0.717) is 17.1 Å². The number of rotatable bonds is 5. The van der Waals surface area contributed by atoms with Crippen LogP contribution in [-0.4, -0.2) is 24.8 Å². The molecule has 0 spiro atoms. The number of nitrogens with zero attached hydrogens (tertiary/aromatic N) is 6. The summed E-state index contributed by atoms with van der Waals surface area (Å²) in [5.74, 6) is 0.482. The predicted molar refractivity (Wildman–Crippen MR) is 115 cm³/mol. The van der Waals surface area contributed by atoms with Crippen molar-refractivity contribution >= 4 is 0 Å². The van der Waals surface area contributed by atoms with Crippen LogP contribution in [0.25, 0.3) is 16.8 Å². The molecule has 0 aliphatic carbocycles. The van der Waals surface area contributed by atoms with Gasteiger partial charge >= 0.3 is 5.69 Å². The van der Waals surface area contributed by atoms with Crippen molar-refractivity contribution in [2.45, 2.75) is 20.5 Å². The fourth-order valence-corrected chi connectivity index (χ4v) is 3.33. The van der Waals surface area contributed by atoms with Gasteiger partial charge in [-0.05, 0) is 59.7 Å². The molecule has 4 rings (SSSR count). The Balaban J connectivity index is 1.59. The van der Waals surface area contributed by atoms with E-state index in [9.17, 15) is 4.79 Å². The molecule has 8 heteroatoms. The van der Waals surface area contributed by atoms with E-state index in [4.69, 9.17) is 10.00 Å². The summed E-state index contributed by atoms with van der Waals surface area (Å²) in [6.45, 7) is 4.10. The van der Waals surface area contributed by atoms with Crippen LogP contribution in [0.5, 0.6) is 5.88 Å². The fraction of sp³-hybridized carbons (Fsp3) is 0.174. The maximum atomic E-state index is 12.3. The number of ether oxygens (including phenoxy) is 1. The fourth-order valence-electron chi connectivity index (χ4n) is 3.33. The highest BCUT2D eigenvalue weighted by Gasteiger charge is 2.14. The Hall–Kier alpha value is -4.25. The zero-order valence-electron chi connectivity index (χ0n) is 17.4. The Morgan fingerprint density at radius 2 is 1.81 bits per heavy atom. The third-order valence-electron chi connectivity index (χ3n) is 5.08. The summed E-state index contributed by atoms with van der Waals surface area (Å²) in [5, 5.41) is 16.7. The van der Waals surface area contributed by atoms with Gasteiger partial charge in [-0.25, -0.2) is 9.78 Å². The first-order valence-corrected chi connectivity index (χ1v) is 9.67. The van der Waals surface area contributed by atoms with Gasteiger partial charge in [0, 0.05) is 29.9 Å². The number of nitriles is 1. The number of tetrazole rings is 1. The molecule has 0 aliphatic heterocycles. The van der Waals surface area contributed by atoms with Crippen molar-refractivity contribution in [2.75, 3.05) is 0 Å². The number of benzene rings is 2. The molecule has 2 aromatic heterocycles. The number of aromatic nitrogens is 5. The van der Waals surface area contributed by atoms with Gasteiger partial charge in [0.2, 0.25) is 5.88 Å². The lowest BCUT2D eigenvalue weighted by Crippen LogP contribution is -2.23. The second kappa shape index (κ2) is 8.24. The van der Waals surface area contributed by atoms with Gasteiger partial charge < -0.3 is 4.74 Å². The Bertz CT molecular complexity index is 1350. The molecular weight excluding hydrogens is 392 g/mol. The second-order valence-electron chi connectivity index (χ2n) is 7.13. The smallest absolute Gasteiger partial charge is 0.368 e. The van der Waals surface area contributed by atoms with Crippen molar-refractivity contribution in [2.24, 2.45) is 7.05 Å². The molecular formula is C23H20N6O2. The number of hydrogen-bond donors (Lipinski definition) is 0. The lowest BCUT2D eigenvalue weighted by atomic mass is 10.0. The SMILES string of the molecule is Cc1cccc(-n2nnn(C)c2=O)c1COc1ccc(-c2ccc(C#N)cc2)c(C)n1. The molecule has 0 radical (unpaired) electrons. The molecule has 0 unspecified atom stereocenters. The molecule has 0 saturated heterocycles. The molecule has 31 heavy (non-hydrogen) atoms. The first-order valence-electron chi connectivity index (χ1n) is 9.67. The molecule has 0 atom stereocenters. The van der Waals surface area contributed by atoms with E-state index in [-0.39, 0.29) is 12.3 Å². The highest BCUT2D eigenvalue weighted by molar-refractivity contribution is 5.66. The van der Waals surface area contributed by atoms with Crippen LogP contribution in [0.15, 0.2) is 59.4 Å². The zero-order valence-corrected chi connectivity index (χ0v) is 17.4. The van der Waals surface area contributed by atoms with Crippen molar-refractivity contribution in [3.05, 3.63) is 87.5 Å². The summed E-state index contributed by atoms with van der Waals surface area (Å²) in [6, 6.07) is 18.9. The minimum atomic E-state index is -0.326. The maximum Gasteiger partial charge on any atom is 0.368 e. The van der Waals surface area contributed by atoms with Gasteiger partial charge in [-0.3, -0.25) is 0 Å². The van der Waals surface area contributed by atoms with Crippen molar-refractivity contribution in [1.29, 1.82) is 5.26 Å². The van der Waals surface area contributed by atoms with Crippen LogP contribution < -0.4 is 10.4 Å². The summed E-state index contributed by atoms with van der Waals surface area (Å²) in [7, 11) is 1.56. The van der Waals surface area contributed by atoms with E-state index in [1.807, 2.05) is 56.3 Å². The first kappa shape index (κ1) is 20.0. The monoisotopic (exact) mass is 412 g/mol. The molecule has 0 aliphatic rings. The Morgan fingerprint density at radius 3 is 2.45 bits per heavy atom. The second-order valence-corrected chi connectivity index (χ2v) is 7.13. The molecule has 0 fully saturated rings. The van der Waals surface area contributed by atoms with Gasteiger partial charge in [0.15, 0.2) is 0 Å². The summed E-state index contributed by atoms with van der Waals surface area (Å²) in [5.41, 5.74) is 5.50. The first-order chi connectivity index (χ1) is 15.0. The van der Waals surface area contributed by atoms with Crippen LogP contribution >= 0.6 is 0 Å². The van der Waals surface area contributed by atoms with E-state index in [1.54, 1.807) is 19.2 Å². The summed E-state index contributed by atoms with van der Waals surface area (Å²) >= 11 is 0. The van der Waals surface area contributed by atoms with Gasteiger partial charge in [-0.1, -0.05) is 24.3 Å². The Kier molecular flexibility index (Phi) is 5.33. The molecule has 0 saturated carbocycles. The molecule has 154 valence electrons. The minimum absolute atomic E-state index is 0.230. The molecule has 0 amide bonds. The van der Waals surface area contributed by atoms with Crippen molar-refractivity contribution in [3.63, 3.8) is 0 Å². The van der Waals surface area contributed by atoms with Gasteiger partial charge in [0.05, 0.1) is 17.3 Å². The van der Waals surface area contributed by atoms with Gasteiger partial charge in [0.1, 0.15) is 6.61 Å². The van der Waals surface area contributed by atoms with Crippen LogP contribution in [0.2, 0.25) is 0 Å². The predicted octanol–water partition coefficient (Wildman–Crippen LogP) is 3.10. The van der Waals surface area contributed by atoms with E-state index in [0.717, 1.165) is 27.9 Å². The van der Waals surface area contributed by atoms with E-state index in [2.05, 4.69) is 21.5 Å². The molecule has 8 nitrogen and oxygen atoms in total. The molecule has 2 heterocycles. The van der Waals surface area contributed by atoms with Crippen LogP contribution in [0.4, 0.5) is 0 Å². The van der Waals surface area contributed by atoms with Crippen LogP contribution in [0, 0.1) is 25.2 Å². The number of hydrogen-bond acceptors (Lipinski definition) is 6. The lowest BCUT2D eigenvalue weighted by molar-refractivity contribution is 0.292. The lowest BCUT2D eigenvalue weighted by Gasteiger charge is -2.13. The van der Waals surface area contributed by atoms with Gasteiger partial charge in [-0.2, -0.15) is 14.6 Å². The molecule has 0 N–H and O–H groups in total.